The molecule has 0 radical (unpaired) electrons. The largest absolute Gasteiger partial charge is 0.454 e. The van der Waals surface area contributed by atoms with Crippen LogP contribution in [-0.4, -0.2) is 68.2 Å². The van der Waals surface area contributed by atoms with Gasteiger partial charge in [0.1, 0.15) is 17.3 Å². The Bertz CT molecular complexity index is 1180. The molecule has 3 aliphatic rings. The van der Waals surface area contributed by atoms with Crippen molar-refractivity contribution in [3.05, 3.63) is 54.2 Å². The number of nitrogens with zero attached hydrogens (tertiary/aromatic N) is 5. The number of likely N-dealkylation sites (tertiary alicyclic amines) is 1. The summed E-state index contributed by atoms with van der Waals surface area (Å²) in [5, 5.41) is 18.0. The molecule has 190 valence electrons. The molecular formula is C27H34N6O3. The molecular weight excluding hydrogens is 456 g/mol. The van der Waals surface area contributed by atoms with Crippen LogP contribution in [-0.2, 0) is 11.2 Å². The first-order valence-electron chi connectivity index (χ1n) is 13.1. The normalized spacial score (nSPS) is 20.2. The van der Waals surface area contributed by atoms with Crippen LogP contribution in [0, 0.1) is 0 Å². The van der Waals surface area contributed by atoms with Gasteiger partial charge < -0.3 is 19.9 Å². The van der Waals surface area contributed by atoms with E-state index in [1.54, 1.807) is 19.3 Å². The maximum absolute atomic E-state index is 9.67. The summed E-state index contributed by atoms with van der Waals surface area (Å²) in [6.07, 6.45) is 10.2. The third-order valence-corrected chi connectivity index (χ3v) is 7.25. The molecule has 6 rings (SSSR count). The fraction of sp³-hybridized carbons (Fsp3) is 0.519. The maximum atomic E-state index is 9.67. The molecule has 2 N–H and O–H groups in total. The highest BCUT2D eigenvalue weighted by Gasteiger charge is 2.34. The smallest absolute Gasteiger partial charge is 0.168 e. The lowest BCUT2D eigenvalue weighted by molar-refractivity contribution is -0.0713. The molecule has 3 aromatic heterocycles. The minimum Gasteiger partial charge on any atom is -0.454 e. The zero-order valence-electron chi connectivity index (χ0n) is 20.7. The fourth-order valence-corrected chi connectivity index (χ4v) is 5.04. The lowest BCUT2D eigenvalue weighted by atomic mass is 9.92. The Morgan fingerprint density at radius 1 is 1.08 bits per heavy atom. The Labute approximate surface area is 211 Å². The Morgan fingerprint density at radius 3 is 2.61 bits per heavy atom. The summed E-state index contributed by atoms with van der Waals surface area (Å²) in [5.74, 6) is 2.67. The van der Waals surface area contributed by atoms with Crippen molar-refractivity contribution in [3.63, 3.8) is 0 Å². The number of aliphatic hydroxyl groups excluding tert-OH is 1. The first kappa shape index (κ1) is 23.4. The lowest BCUT2D eigenvalue weighted by Crippen LogP contribution is -2.51. The summed E-state index contributed by atoms with van der Waals surface area (Å²) in [4.78, 5) is 11.4. The van der Waals surface area contributed by atoms with Gasteiger partial charge in [0.15, 0.2) is 5.75 Å². The van der Waals surface area contributed by atoms with E-state index >= 15 is 0 Å². The van der Waals surface area contributed by atoms with Gasteiger partial charge in [0.2, 0.25) is 0 Å². The van der Waals surface area contributed by atoms with E-state index in [4.69, 9.17) is 14.6 Å². The molecule has 1 atom stereocenters. The molecule has 2 saturated heterocycles. The monoisotopic (exact) mass is 490 g/mol. The Hall–Kier alpha value is -3.01. The van der Waals surface area contributed by atoms with Crippen LogP contribution in [0.1, 0.15) is 56.0 Å². The second-order valence-electron chi connectivity index (χ2n) is 10.3. The van der Waals surface area contributed by atoms with E-state index in [0.717, 1.165) is 67.7 Å². The number of nitrogens with one attached hydrogen (secondary N) is 1. The van der Waals surface area contributed by atoms with Crippen LogP contribution in [0.4, 0.5) is 11.5 Å². The summed E-state index contributed by atoms with van der Waals surface area (Å²) in [7, 11) is 0. The van der Waals surface area contributed by atoms with Crippen molar-refractivity contribution < 1.29 is 14.6 Å². The molecule has 1 saturated carbocycles. The maximum Gasteiger partial charge on any atom is 0.168 e. The highest BCUT2D eigenvalue weighted by molar-refractivity contribution is 5.57. The van der Waals surface area contributed by atoms with Crippen molar-refractivity contribution >= 4 is 11.5 Å². The first-order chi connectivity index (χ1) is 17.6. The van der Waals surface area contributed by atoms with E-state index in [1.165, 1.54) is 12.8 Å². The number of pyridine rings is 2. The SMILES string of the molecule is CC(O)Cc1cc(Nc2cc(Oc3cn(C4CC4)nc3C3CCN(C4COC4)CC3)ccn2)ccn1. The zero-order chi connectivity index (χ0) is 24.5. The molecule has 9 nitrogen and oxygen atoms in total. The van der Waals surface area contributed by atoms with E-state index in [1.807, 2.05) is 24.3 Å². The van der Waals surface area contributed by atoms with E-state index in [0.29, 0.717) is 30.2 Å². The summed E-state index contributed by atoms with van der Waals surface area (Å²) in [6, 6.07) is 8.71. The molecule has 3 aromatic rings. The van der Waals surface area contributed by atoms with Crippen LogP contribution in [0.25, 0.3) is 0 Å². The van der Waals surface area contributed by atoms with Crippen molar-refractivity contribution in [2.75, 3.05) is 31.6 Å². The molecule has 5 heterocycles. The number of aliphatic hydroxyl groups is 1. The third-order valence-electron chi connectivity index (χ3n) is 7.25. The molecule has 0 amide bonds. The van der Waals surface area contributed by atoms with E-state index in [9.17, 15) is 5.11 Å². The topological polar surface area (TPSA) is 97.6 Å². The Balaban J connectivity index is 1.17. The molecule has 1 unspecified atom stereocenters. The molecule has 0 bridgehead atoms. The molecule has 1 aliphatic carbocycles. The van der Waals surface area contributed by atoms with Gasteiger partial charge in [-0.3, -0.25) is 14.6 Å². The number of hydrogen-bond donors (Lipinski definition) is 2. The van der Waals surface area contributed by atoms with E-state index in [2.05, 4.69) is 31.1 Å². The van der Waals surface area contributed by atoms with Crippen LogP contribution in [0.2, 0.25) is 0 Å². The van der Waals surface area contributed by atoms with Crippen molar-refractivity contribution in [1.82, 2.24) is 24.6 Å². The predicted octanol–water partition coefficient (Wildman–Crippen LogP) is 4.05. The van der Waals surface area contributed by atoms with Crippen LogP contribution < -0.4 is 10.1 Å². The number of anilines is 2. The Kier molecular flexibility index (Phi) is 6.60. The molecule has 36 heavy (non-hydrogen) atoms. The fourth-order valence-electron chi connectivity index (χ4n) is 5.04. The lowest BCUT2D eigenvalue weighted by Gasteiger charge is -2.41. The average Bonchev–Trinajstić information content (AvgIpc) is 3.59. The van der Waals surface area contributed by atoms with Gasteiger partial charge in [-0.2, -0.15) is 5.10 Å². The van der Waals surface area contributed by atoms with Gasteiger partial charge >= 0.3 is 0 Å². The zero-order valence-corrected chi connectivity index (χ0v) is 20.7. The first-order valence-corrected chi connectivity index (χ1v) is 13.1. The number of ether oxygens (including phenoxy) is 2. The summed E-state index contributed by atoms with van der Waals surface area (Å²) in [6.45, 7) is 5.67. The molecule has 3 fully saturated rings. The van der Waals surface area contributed by atoms with Crippen molar-refractivity contribution in [2.24, 2.45) is 0 Å². The highest BCUT2D eigenvalue weighted by Crippen LogP contribution is 2.41. The van der Waals surface area contributed by atoms with Gasteiger partial charge in [-0.05, 0) is 63.9 Å². The number of hydrogen-bond acceptors (Lipinski definition) is 8. The van der Waals surface area contributed by atoms with Gasteiger partial charge in [-0.25, -0.2) is 4.98 Å². The highest BCUT2D eigenvalue weighted by atomic mass is 16.5. The second kappa shape index (κ2) is 10.2. The molecule has 0 aromatic carbocycles. The molecule has 2 aliphatic heterocycles. The van der Waals surface area contributed by atoms with Gasteiger partial charge in [0, 0.05) is 42.2 Å². The van der Waals surface area contributed by atoms with Crippen molar-refractivity contribution in [1.29, 1.82) is 0 Å². The van der Waals surface area contributed by atoms with Crippen LogP contribution in [0.5, 0.6) is 11.5 Å². The van der Waals surface area contributed by atoms with Crippen LogP contribution in [0.15, 0.2) is 42.9 Å². The average molecular weight is 491 g/mol. The van der Waals surface area contributed by atoms with Gasteiger partial charge in [0.25, 0.3) is 0 Å². The number of aromatic nitrogens is 4. The van der Waals surface area contributed by atoms with Crippen molar-refractivity contribution in [3.8, 4) is 11.5 Å². The quantitative estimate of drug-likeness (QED) is 0.464. The summed E-state index contributed by atoms with van der Waals surface area (Å²) < 4.78 is 13.9. The summed E-state index contributed by atoms with van der Waals surface area (Å²) >= 11 is 0. The second-order valence-corrected chi connectivity index (χ2v) is 10.3. The molecule has 9 heteroatoms. The van der Waals surface area contributed by atoms with Crippen LogP contribution >= 0.6 is 0 Å². The van der Waals surface area contributed by atoms with E-state index < -0.39 is 6.10 Å². The number of rotatable bonds is 9. The minimum absolute atomic E-state index is 0.404. The predicted molar refractivity (Wildman–Crippen MR) is 136 cm³/mol. The molecule has 0 spiro atoms. The summed E-state index contributed by atoms with van der Waals surface area (Å²) in [5.41, 5.74) is 2.78. The van der Waals surface area contributed by atoms with Crippen LogP contribution in [0.3, 0.4) is 0 Å². The van der Waals surface area contributed by atoms with Gasteiger partial charge in [-0.1, -0.05) is 0 Å². The standard InChI is InChI=1S/C27H34N6O3/c1-18(34)12-21-13-20(4-8-28-21)30-26-14-24(5-9-29-26)36-25-15-33(22-2-3-22)31-27(25)19-6-10-32(11-7-19)23-16-35-17-23/h4-5,8-9,13-15,18-19,22-23,34H,2-3,6-7,10-12,16-17H2,1H3,(H,28,29,30). The van der Waals surface area contributed by atoms with Crippen molar-refractivity contribution in [2.45, 2.75) is 63.1 Å². The van der Waals surface area contributed by atoms with Gasteiger partial charge in [0.05, 0.1) is 37.6 Å². The Morgan fingerprint density at radius 2 is 1.89 bits per heavy atom. The minimum atomic E-state index is -0.437. The van der Waals surface area contributed by atoms with E-state index in [-0.39, 0.29) is 0 Å². The number of piperidine rings is 1. The third kappa shape index (κ3) is 5.38. The van der Waals surface area contributed by atoms with Gasteiger partial charge in [-0.15, -0.1) is 0 Å².